The summed E-state index contributed by atoms with van der Waals surface area (Å²) in [5, 5.41) is 15.8. The molecule has 1 atom stereocenters. The predicted octanol–water partition coefficient (Wildman–Crippen LogP) is 0.439. The first-order valence-electron chi connectivity index (χ1n) is 7.17. The maximum Gasteiger partial charge on any atom is 0.242 e. The Balaban J connectivity index is 1.59. The van der Waals surface area contributed by atoms with E-state index in [9.17, 15) is 14.3 Å². The number of aryl methyl sites for hydroxylation is 1. The van der Waals surface area contributed by atoms with Gasteiger partial charge < -0.3 is 21.5 Å². The second-order valence-corrected chi connectivity index (χ2v) is 6.28. The lowest BCUT2D eigenvalue weighted by Crippen LogP contribution is -2.58. The van der Waals surface area contributed by atoms with E-state index in [1.807, 2.05) is 13.0 Å². The van der Waals surface area contributed by atoms with Gasteiger partial charge in [0.15, 0.2) is 0 Å². The molecule has 1 aromatic rings. The van der Waals surface area contributed by atoms with E-state index >= 15 is 0 Å². The summed E-state index contributed by atoms with van der Waals surface area (Å²) >= 11 is 0. The van der Waals surface area contributed by atoms with Gasteiger partial charge in [-0.3, -0.25) is 4.79 Å². The fourth-order valence-corrected chi connectivity index (χ4v) is 3.14. The zero-order chi connectivity index (χ0) is 15.2. The zero-order valence-corrected chi connectivity index (χ0v) is 11.9. The zero-order valence-electron chi connectivity index (χ0n) is 11.9. The number of anilines is 1. The molecule has 0 aromatic heterocycles. The van der Waals surface area contributed by atoms with Crippen LogP contribution >= 0.6 is 0 Å². The first-order valence-corrected chi connectivity index (χ1v) is 7.17. The van der Waals surface area contributed by atoms with Gasteiger partial charge in [-0.15, -0.1) is 0 Å². The van der Waals surface area contributed by atoms with Gasteiger partial charge in [-0.2, -0.15) is 0 Å². The summed E-state index contributed by atoms with van der Waals surface area (Å²) in [5.74, 6) is -0.506. The second-order valence-electron chi connectivity index (χ2n) is 6.28. The van der Waals surface area contributed by atoms with Crippen LogP contribution in [0.25, 0.3) is 0 Å². The van der Waals surface area contributed by atoms with E-state index in [1.165, 1.54) is 6.07 Å². The lowest BCUT2D eigenvalue weighted by Gasteiger charge is -2.41. The van der Waals surface area contributed by atoms with Crippen molar-refractivity contribution in [1.82, 2.24) is 5.32 Å². The highest BCUT2D eigenvalue weighted by atomic mass is 19.1. The molecule has 1 amide bonds. The van der Waals surface area contributed by atoms with Gasteiger partial charge in [0.25, 0.3) is 0 Å². The Morgan fingerprint density at radius 2 is 2.29 bits per heavy atom. The van der Waals surface area contributed by atoms with Crippen LogP contribution in [-0.4, -0.2) is 35.2 Å². The maximum absolute atomic E-state index is 13.8. The van der Waals surface area contributed by atoms with Crippen molar-refractivity contribution in [2.24, 2.45) is 5.73 Å². The van der Waals surface area contributed by atoms with Crippen LogP contribution in [-0.2, 0) is 11.2 Å². The van der Waals surface area contributed by atoms with Crippen LogP contribution in [0.3, 0.4) is 0 Å². The molecule has 0 radical (unpaired) electrons. The number of hydrogen-bond donors (Lipinski definition) is 4. The van der Waals surface area contributed by atoms with E-state index in [2.05, 4.69) is 10.6 Å². The van der Waals surface area contributed by atoms with Crippen molar-refractivity contribution in [1.29, 1.82) is 0 Å². The van der Waals surface area contributed by atoms with Crippen LogP contribution in [0.4, 0.5) is 10.1 Å². The molecule has 0 bridgehead atoms. The highest BCUT2D eigenvalue weighted by Gasteiger charge is 2.41. The summed E-state index contributed by atoms with van der Waals surface area (Å²) in [5.41, 5.74) is 6.80. The molecule has 1 aliphatic carbocycles. The van der Waals surface area contributed by atoms with Gasteiger partial charge >= 0.3 is 0 Å². The topological polar surface area (TPSA) is 87.4 Å². The molecule has 114 valence electrons. The largest absolute Gasteiger partial charge is 0.388 e. The number of carbonyl (C=O) groups excluding carboxylic acids is 1. The number of amides is 1. The Morgan fingerprint density at radius 3 is 2.95 bits per heavy atom. The highest BCUT2D eigenvalue weighted by molar-refractivity contribution is 5.87. The average molecular weight is 293 g/mol. The number of rotatable bonds is 3. The lowest BCUT2D eigenvalue weighted by atomic mass is 9.76. The van der Waals surface area contributed by atoms with Crippen molar-refractivity contribution in [3.63, 3.8) is 0 Å². The smallest absolute Gasteiger partial charge is 0.242 e. The van der Waals surface area contributed by atoms with Crippen molar-refractivity contribution in [3.05, 3.63) is 29.1 Å². The first kappa shape index (κ1) is 14.3. The van der Waals surface area contributed by atoms with Crippen molar-refractivity contribution in [2.75, 3.05) is 11.9 Å². The van der Waals surface area contributed by atoms with Crippen LogP contribution in [0.2, 0.25) is 0 Å². The molecule has 1 fully saturated rings. The minimum Gasteiger partial charge on any atom is -0.388 e. The van der Waals surface area contributed by atoms with E-state index in [4.69, 9.17) is 5.73 Å². The van der Waals surface area contributed by atoms with Crippen molar-refractivity contribution in [3.8, 4) is 0 Å². The molecule has 1 unspecified atom stereocenters. The summed E-state index contributed by atoms with van der Waals surface area (Å²) in [4.78, 5) is 12.1. The van der Waals surface area contributed by atoms with Gasteiger partial charge in [-0.05, 0) is 37.5 Å². The molecule has 1 aliphatic heterocycles. The van der Waals surface area contributed by atoms with Crippen LogP contribution < -0.4 is 16.4 Å². The van der Waals surface area contributed by atoms with Gasteiger partial charge in [-0.1, -0.05) is 0 Å². The number of halogens is 1. The number of carbonyl (C=O) groups is 1. The number of nitrogens with one attached hydrogen (secondary N) is 2. The SMILES string of the molecule is Cc1cc(F)c2c(c1)NC(C(=O)NCC1(O)CC(N)C1)C2. The summed E-state index contributed by atoms with van der Waals surface area (Å²) in [6.07, 6.45) is 1.32. The molecule has 1 aromatic carbocycles. The van der Waals surface area contributed by atoms with Gasteiger partial charge in [0.1, 0.15) is 11.9 Å². The van der Waals surface area contributed by atoms with E-state index < -0.39 is 11.6 Å². The van der Waals surface area contributed by atoms with E-state index in [0.29, 0.717) is 30.5 Å². The quantitative estimate of drug-likeness (QED) is 0.651. The monoisotopic (exact) mass is 293 g/mol. The summed E-state index contributed by atoms with van der Waals surface area (Å²) in [6.45, 7) is 2.00. The van der Waals surface area contributed by atoms with E-state index in [0.717, 1.165) is 5.56 Å². The molecule has 2 aliphatic rings. The number of benzene rings is 1. The van der Waals surface area contributed by atoms with Gasteiger partial charge in [0, 0.05) is 30.3 Å². The average Bonchev–Trinajstić information content (AvgIpc) is 2.78. The fourth-order valence-electron chi connectivity index (χ4n) is 3.14. The Kier molecular flexibility index (Phi) is 3.37. The number of fused-ring (bicyclic) bond motifs is 1. The minimum atomic E-state index is -0.887. The third kappa shape index (κ3) is 2.73. The third-order valence-electron chi connectivity index (χ3n) is 4.27. The Labute approximate surface area is 122 Å². The van der Waals surface area contributed by atoms with Crippen LogP contribution in [0.1, 0.15) is 24.0 Å². The van der Waals surface area contributed by atoms with E-state index in [-0.39, 0.29) is 24.3 Å². The summed E-state index contributed by atoms with van der Waals surface area (Å²) in [7, 11) is 0. The van der Waals surface area contributed by atoms with Crippen molar-refractivity contribution >= 4 is 11.6 Å². The van der Waals surface area contributed by atoms with E-state index in [1.54, 1.807) is 0 Å². The standard InChI is InChI=1S/C15H20FN3O2/c1-8-2-11(16)10-4-13(19-12(10)3-8)14(20)18-7-15(21)5-9(17)6-15/h2-3,9,13,19,21H,4-7,17H2,1H3,(H,18,20). The molecule has 1 saturated carbocycles. The van der Waals surface area contributed by atoms with Crippen molar-refractivity contribution in [2.45, 2.75) is 43.9 Å². The van der Waals surface area contributed by atoms with Gasteiger partial charge in [0.2, 0.25) is 5.91 Å². The summed E-state index contributed by atoms with van der Waals surface area (Å²) in [6, 6.07) is 2.83. The molecule has 5 nitrogen and oxygen atoms in total. The van der Waals surface area contributed by atoms with Crippen molar-refractivity contribution < 1.29 is 14.3 Å². The second kappa shape index (κ2) is 4.96. The Morgan fingerprint density at radius 1 is 1.57 bits per heavy atom. The molecule has 0 saturated heterocycles. The van der Waals surface area contributed by atoms with Crippen LogP contribution in [0.15, 0.2) is 12.1 Å². The molecule has 3 rings (SSSR count). The van der Waals surface area contributed by atoms with Gasteiger partial charge in [-0.25, -0.2) is 4.39 Å². The lowest BCUT2D eigenvalue weighted by molar-refractivity contribution is -0.124. The molecular weight excluding hydrogens is 273 g/mol. The Bertz CT molecular complexity index is 585. The molecule has 0 spiro atoms. The number of hydrogen-bond acceptors (Lipinski definition) is 4. The third-order valence-corrected chi connectivity index (χ3v) is 4.27. The van der Waals surface area contributed by atoms with Crippen LogP contribution in [0, 0.1) is 12.7 Å². The normalized spacial score (nSPS) is 30.3. The first-order chi connectivity index (χ1) is 9.86. The fraction of sp³-hybridized carbons (Fsp3) is 0.533. The minimum absolute atomic E-state index is 0.0119. The number of aliphatic hydroxyl groups is 1. The van der Waals surface area contributed by atoms with Crippen LogP contribution in [0.5, 0.6) is 0 Å². The predicted molar refractivity (Wildman–Crippen MR) is 77.4 cm³/mol. The van der Waals surface area contributed by atoms with Gasteiger partial charge in [0.05, 0.1) is 5.60 Å². The molecule has 5 N–H and O–H groups in total. The molecule has 6 heteroatoms. The maximum atomic E-state index is 13.8. The molecular formula is C15H20FN3O2. The highest BCUT2D eigenvalue weighted by Crippen LogP contribution is 2.31. The summed E-state index contributed by atoms with van der Waals surface area (Å²) < 4.78 is 13.8. The molecule has 21 heavy (non-hydrogen) atoms. The molecule has 1 heterocycles. The number of nitrogens with two attached hydrogens (primary N) is 1. The Hall–Kier alpha value is -1.66.